The van der Waals surface area contributed by atoms with E-state index in [1.807, 2.05) is 0 Å². The Kier molecular flexibility index (Phi) is 1.71. The first-order valence-corrected chi connectivity index (χ1v) is 4.79. The fraction of sp³-hybridized carbons (Fsp3) is 1.00. The van der Waals surface area contributed by atoms with Gasteiger partial charge in [0.05, 0.1) is 23.0 Å². The Hall–Kier alpha value is 0.200. The van der Waals surface area contributed by atoms with E-state index in [1.165, 1.54) is 0 Å². The third kappa shape index (κ3) is 1.56. The molecular weight excluding hydrogens is 164 g/mol. The molecule has 5 heteroatoms. The summed E-state index contributed by atoms with van der Waals surface area (Å²) in [6, 6.07) is 0. The molecule has 1 fully saturated rings. The Bertz CT molecular complexity index is 182. The van der Waals surface area contributed by atoms with E-state index < -0.39 is 21.3 Å². The average Bonchev–Trinajstić information content (AvgIpc) is 1.79. The van der Waals surface area contributed by atoms with Crippen LogP contribution in [0.2, 0.25) is 0 Å². The molecule has 0 amide bonds. The Morgan fingerprint density at radius 3 is 2.11 bits per heavy atom. The van der Waals surface area contributed by atoms with Gasteiger partial charge in [-0.05, 0) is 0 Å². The topological polar surface area (TPSA) is 54.4 Å². The molecule has 1 rings (SSSR count). The molecule has 3 nitrogen and oxygen atoms in total. The number of aliphatic hydroxyl groups is 1. The highest BCUT2D eigenvalue weighted by atomic mass is 35.5. The first kappa shape index (κ1) is 7.31. The molecule has 0 unspecified atom stereocenters. The Morgan fingerprint density at radius 2 is 2.00 bits per heavy atom. The molecule has 0 aliphatic carbocycles. The van der Waals surface area contributed by atoms with Gasteiger partial charge in [-0.3, -0.25) is 0 Å². The molecule has 1 N–H and O–H groups in total. The van der Waals surface area contributed by atoms with Crippen LogP contribution in [0.15, 0.2) is 0 Å². The maximum absolute atomic E-state index is 10.6. The highest BCUT2D eigenvalue weighted by molar-refractivity contribution is 7.91. The molecule has 0 aromatic rings. The van der Waals surface area contributed by atoms with Gasteiger partial charge in [-0.15, -0.1) is 11.6 Å². The third-order valence-electron chi connectivity index (χ3n) is 1.26. The van der Waals surface area contributed by atoms with Crippen LogP contribution in [-0.2, 0) is 9.84 Å². The van der Waals surface area contributed by atoms with Gasteiger partial charge in [0.1, 0.15) is 0 Å². The molecule has 0 spiro atoms. The molecule has 2 atom stereocenters. The van der Waals surface area contributed by atoms with E-state index in [0.29, 0.717) is 0 Å². The van der Waals surface area contributed by atoms with Crippen LogP contribution in [0.5, 0.6) is 0 Å². The first-order chi connectivity index (χ1) is 4.01. The van der Waals surface area contributed by atoms with Crippen molar-refractivity contribution in [1.82, 2.24) is 0 Å². The van der Waals surface area contributed by atoms with Crippen LogP contribution < -0.4 is 0 Å². The van der Waals surface area contributed by atoms with E-state index in [-0.39, 0.29) is 11.5 Å². The van der Waals surface area contributed by atoms with Gasteiger partial charge < -0.3 is 5.11 Å². The SMILES string of the molecule is O=S1(=O)C[C@@H](O)[C@@H](Cl)C1. The summed E-state index contributed by atoms with van der Waals surface area (Å²) in [7, 11) is -3.03. The van der Waals surface area contributed by atoms with Crippen molar-refractivity contribution in [2.45, 2.75) is 11.5 Å². The van der Waals surface area contributed by atoms with Crippen molar-refractivity contribution in [3.8, 4) is 0 Å². The standard InChI is InChI=1S/C4H7ClO3S/c5-3-1-9(7,8)2-4(3)6/h3-4,6H,1-2H2/t3-,4+/m0/s1. The molecule has 1 aliphatic heterocycles. The highest BCUT2D eigenvalue weighted by Crippen LogP contribution is 2.16. The number of aliphatic hydroxyl groups excluding tert-OH is 1. The van der Waals surface area contributed by atoms with Gasteiger partial charge in [-0.2, -0.15) is 0 Å². The minimum absolute atomic E-state index is 0.0876. The van der Waals surface area contributed by atoms with E-state index >= 15 is 0 Å². The van der Waals surface area contributed by atoms with Crippen molar-refractivity contribution < 1.29 is 13.5 Å². The largest absolute Gasteiger partial charge is 0.390 e. The van der Waals surface area contributed by atoms with Crippen LogP contribution >= 0.6 is 11.6 Å². The van der Waals surface area contributed by atoms with Crippen LogP contribution in [-0.4, -0.2) is 36.5 Å². The maximum Gasteiger partial charge on any atom is 0.154 e. The smallest absolute Gasteiger partial charge is 0.154 e. The monoisotopic (exact) mass is 170 g/mol. The van der Waals surface area contributed by atoms with Gasteiger partial charge in [-0.1, -0.05) is 0 Å². The fourth-order valence-electron chi connectivity index (χ4n) is 0.786. The number of halogens is 1. The fourth-order valence-corrected chi connectivity index (χ4v) is 3.15. The second-order valence-corrected chi connectivity index (χ2v) is 4.87. The van der Waals surface area contributed by atoms with Gasteiger partial charge in [0.25, 0.3) is 0 Å². The molecule has 0 radical (unpaired) electrons. The summed E-state index contributed by atoms with van der Waals surface area (Å²) in [4.78, 5) is 0. The molecule has 0 saturated carbocycles. The molecule has 1 heterocycles. The zero-order valence-corrected chi connectivity index (χ0v) is 6.19. The molecule has 0 bridgehead atoms. The summed E-state index contributed by atoms with van der Waals surface area (Å²) in [5.41, 5.74) is 0. The molecule has 1 aliphatic rings. The lowest BCUT2D eigenvalue weighted by molar-refractivity contribution is 0.205. The van der Waals surface area contributed by atoms with Crippen molar-refractivity contribution in [3.63, 3.8) is 0 Å². The lowest BCUT2D eigenvalue weighted by Gasteiger charge is -1.99. The molecule has 54 valence electrons. The zero-order chi connectivity index (χ0) is 7.07. The van der Waals surface area contributed by atoms with Crippen molar-refractivity contribution in [2.24, 2.45) is 0 Å². The summed E-state index contributed by atoms with van der Waals surface area (Å²) in [6.45, 7) is 0. The highest BCUT2D eigenvalue weighted by Gasteiger charge is 2.34. The molecule has 0 aromatic heterocycles. The average molecular weight is 171 g/mol. The number of rotatable bonds is 0. The van der Waals surface area contributed by atoms with E-state index in [0.717, 1.165) is 0 Å². The third-order valence-corrected chi connectivity index (χ3v) is 3.60. The van der Waals surface area contributed by atoms with Crippen LogP contribution in [0.3, 0.4) is 0 Å². The Balaban J connectivity index is 2.77. The van der Waals surface area contributed by atoms with Gasteiger partial charge in [0, 0.05) is 0 Å². The van der Waals surface area contributed by atoms with Gasteiger partial charge in [-0.25, -0.2) is 8.42 Å². The minimum Gasteiger partial charge on any atom is -0.390 e. The quantitative estimate of drug-likeness (QED) is 0.494. The molecule has 9 heavy (non-hydrogen) atoms. The van der Waals surface area contributed by atoms with Gasteiger partial charge in [0.15, 0.2) is 9.84 Å². The van der Waals surface area contributed by atoms with Gasteiger partial charge >= 0.3 is 0 Å². The zero-order valence-electron chi connectivity index (χ0n) is 4.62. The van der Waals surface area contributed by atoms with E-state index in [1.54, 1.807) is 0 Å². The van der Waals surface area contributed by atoms with Crippen LogP contribution in [0.4, 0.5) is 0 Å². The summed E-state index contributed by atoms with van der Waals surface area (Å²) in [5, 5.41) is 8.22. The predicted octanol–water partition coefficient (Wildman–Crippen LogP) is -0.617. The van der Waals surface area contributed by atoms with E-state index in [4.69, 9.17) is 16.7 Å². The lowest BCUT2D eigenvalue weighted by Crippen LogP contribution is -2.16. The van der Waals surface area contributed by atoms with E-state index in [2.05, 4.69) is 0 Å². The molecular formula is C4H7ClO3S. The van der Waals surface area contributed by atoms with Crippen molar-refractivity contribution in [3.05, 3.63) is 0 Å². The summed E-state index contributed by atoms with van der Waals surface area (Å²) < 4.78 is 21.2. The Labute approximate surface area is 58.6 Å². The molecule has 0 aromatic carbocycles. The van der Waals surface area contributed by atoms with Crippen LogP contribution in [0.1, 0.15) is 0 Å². The number of hydrogen-bond acceptors (Lipinski definition) is 3. The summed E-state index contributed by atoms with van der Waals surface area (Å²) >= 11 is 5.42. The van der Waals surface area contributed by atoms with Crippen molar-refractivity contribution >= 4 is 21.4 Å². The summed E-state index contributed by atoms with van der Waals surface area (Å²) in [6.07, 6.45) is -0.864. The van der Waals surface area contributed by atoms with E-state index in [9.17, 15) is 8.42 Å². The number of sulfone groups is 1. The van der Waals surface area contributed by atoms with Gasteiger partial charge in [0.2, 0.25) is 0 Å². The normalized spacial score (nSPS) is 41.1. The summed E-state index contributed by atoms with van der Waals surface area (Å²) in [5.74, 6) is -0.267. The number of hydrogen-bond donors (Lipinski definition) is 1. The Morgan fingerprint density at radius 1 is 1.44 bits per heavy atom. The second kappa shape index (κ2) is 2.11. The van der Waals surface area contributed by atoms with Crippen molar-refractivity contribution in [1.29, 1.82) is 0 Å². The maximum atomic E-state index is 10.6. The second-order valence-electron chi connectivity index (χ2n) is 2.16. The van der Waals surface area contributed by atoms with Crippen LogP contribution in [0.25, 0.3) is 0 Å². The lowest BCUT2D eigenvalue weighted by atomic mass is 10.3. The van der Waals surface area contributed by atoms with Crippen LogP contribution in [0, 0.1) is 0 Å². The van der Waals surface area contributed by atoms with Crippen molar-refractivity contribution in [2.75, 3.05) is 11.5 Å². The molecule has 1 saturated heterocycles. The predicted molar refractivity (Wildman–Crippen MR) is 34.3 cm³/mol. The minimum atomic E-state index is -3.03. The first-order valence-electron chi connectivity index (χ1n) is 2.54. The number of alkyl halides is 1.